The molecule has 0 atom stereocenters. The van der Waals surface area contributed by atoms with E-state index < -0.39 is 0 Å². The van der Waals surface area contributed by atoms with E-state index in [1.54, 1.807) is 13.3 Å². The first-order valence-corrected chi connectivity index (χ1v) is 11.9. The summed E-state index contributed by atoms with van der Waals surface area (Å²) in [6.07, 6.45) is 2.34. The maximum Gasteiger partial charge on any atom is 0.221 e. The van der Waals surface area contributed by atoms with Crippen molar-refractivity contribution in [1.82, 2.24) is 4.98 Å². The lowest BCUT2D eigenvalue weighted by Gasteiger charge is -2.13. The van der Waals surface area contributed by atoms with Crippen LogP contribution in [0.5, 0.6) is 5.88 Å². The van der Waals surface area contributed by atoms with Gasteiger partial charge in [-0.1, -0.05) is 43.0 Å². The quantitative estimate of drug-likeness (QED) is 0.315. The number of pyridine rings is 1. The van der Waals surface area contributed by atoms with Crippen LogP contribution in [0.25, 0.3) is 33.0 Å². The van der Waals surface area contributed by atoms with Crippen LogP contribution < -0.4 is 4.74 Å². The zero-order valence-corrected chi connectivity index (χ0v) is 19.5. The molecule has 1 N–H and O–H groups in total. The average Bonchev–Trinajstić information content (AvgIpc) is 3.36. The summed E-state index contributed by atoms with van der Waals surface area (Å²) in [5.74, 6) is 1.12. The van der Waals surface area contributed by atoms with Crippen molar-refractivity contribution in [3.8, 4) is 28.1 Å². The first-order valence-electron chi connectivity index (χ1n) is 10.9. The summed E-state index contributed by atoms with van der Waals surface area (Å²) in [5.41, 5.74) is 6.00. The lowest BCUT2D eigenvalue weighted by atomic mass is 9.93. The molecule has 0 spiro atoms. The molecule has 5 nitrogen and oxygen atoms in total. The zero-order chi connectivity index (χ0) is 23.5. The summed E-state index contributed by atoms with van der Waals surface area (Å²) in [6, 6.07) is 25.2. The first-order chi connectivity index (χ1) is 16.6. The van der Waals surface area contributed by atoms with Crippen LogP contribution in [0, 0.1) is 0 Å². The highest BCUT2D eigenvalue weighted by atomic mass is 32.2. The standard InChI is InChI=1S/C28H23N3O2S/c1-18(32)17-34-27-16-26(30-31-27)24-14-22(21-10-9-19-6-3-4-7-20(19)12-21)13-23(15-24)25-8-5-11-29-28(25)33-2/h3-15,32H,1,16-17H2,2H3. The Morgan fingerprint density at radius 1 is 0.912 bits per heavy atom. The maximum atomic E-state index is 9.42. The molecular weight excluding hydrogens is 442 g/mol. The van der Waals surface area contributed by atoms with Gasteiger partial charge in [0.1, 0.15) is 5.04 Å². The predicted molar refractivity (Wildman–Crippen MR) is 142 cm³/mol. The number of fused-ring (bicyclic) bond motifs is 1. The highest BCUT2D eigenvalue weighted by Gasteiger charge is 2.18. The Hall–Kier alpha value is -3.90. The molecule has 0 saturated carbocycles. The second-order valence-electron chi connectivity index (χ2n) is 7.99. The minimum absolute atomic E-state index is 0.130. The van der Waals surface area contributed by atoms with Gasteiger partial charge in [-0.2, -0.15) is 5.10 Å². The van der Waals surface area contributed by atoms with Crippen LogP contribution in [0.15, 0.2) is 102 Å². The van der Waals surface area contributed by atoms with Crippen LogP contribution in [0.4, 0.5) is 0 Å². The van der Waals surface area contributed by atoms with E-state index in [-0.39, 0.29) is 5.76 Å². The summed E-state index contributed by atoms with van der Waals surface area (Å²) in [5, 5.41) is 21.5. The largest absolute Gasteiger partial charge is 0.512 e. The zero-order valence-electron chi connectivity index (χ0n) is 18.7. The summed E-state index contributed by atoms with van der Waals surface area (Å²) in [7, 11) is 1.63. The van der Waals surface area contributed by atoms with Gasteiger partial charge in [0.15, 0.2) is 0 Å². The van der Waals surface area contributed by atoms with E-state index in [1.807, 2.05) is 12.1 Å². The molecule has 1 aliphatic heterocycles. The fourth-order valence-corrected chi connectivity index (χ4v) is 4.67. The number of hydrogen-bond donors (Lipinski definition) is 1. The number of nitrogens with zero attached hydrogens (tertiary/aromatic N) is 3. The van der Waals surface area contributed by atoms with Gasteiger partial charge in [-0.3, -0.25) is 0 Å². The number of benzene rings is 3. The second kappa shape index (κ2) is 9.53. The van der Waals surface area contributed by atoms with Crippen molar-refractivity contribution in [3.63, 3.8) is 0 Å². The Bertz CT molecular complexity index is 1460. The van der Waals surface area contributed by atoms with Crippen LogP contribution in [0.3, 0.4) is 0 Å². The van der Waals surface area contributed by atoms with Crippen LogP contribution in [-0.4, -0.2) is 33.7 Å². The van der Waals surface area contributed by atoms with E-state index >= 15 is 0 Å². The highest BCUT2D eigenvalue weighted by molar-refractivity contribution is 8.14. The molecule has 0 radical (unpaired) electrons. The molecule has 3 aromatic carbocycles. The van der Waals surface area contributed by atoms with E-state index in [2.05, 4.69) is 82.4 Å². The number of hydrogen-bond acceptors (Lipinski definition) is 6. The minimum atomic E-state index is 0.130. The third kappa shape index (κ3) is 4.58. The smallest absolute Gasteiger partial charge is 0.221 e. The van der Waals surface area contributed by atoms with E-state index in [1.165, 1.54) is 22.5 Å². The Balaban J connectivity index is 1.58. The fraction of sp³-hybridized carbons (Fsp3) is 0.107. The van der Waals surface area contributed by atoms with Crippen molar-refractivity contribution < 1.29 is 9.84 Å². The molecule has 0 aliphatic carbocycles. The minimum Gasteiger partial charge on any atom is -0.512 e. The van der Waals surface area contributed by atoms with Gasteiger partial charge in [0.25, 0.3) is 0 Å². The number of aliphatic hydroxyl groups excluding tert-OH is 1. The summed E-state index contributed by atoms with van der Waals surface area (Å²) in [6.45, 7) is 3.55. The van der Waals surface area contributed by atoms with Crippen LogP contribution in [0.1, 0.15) is 12.0 Å². The molecule has 5 rings (SSSR count). The monoisotopic (exact) mass is 465 g/mol. The number of aliphatic hydroxyl groups is 1. The van der Waals surface area contributed by atoms with Gasteiger partial charge in [-0.25, -0.2) is 4.98 Å². The van der Waals surface area contributed by atoms with Crippen molar-refractivity contribution in [3.05, 3.63) is 96.9 Å². The van der Waals surface area contributed by atoms with Crippen molar-refractivity contribution in [2.75, 3.05) is 12.9 Å². The number of aromatic nitrogens is 1. The van der Waals surface area contributed by atoms with Gasteiger partial charge in [0.05, 0.1) is 24.3 Å². The van der Waals surface area contributed by atoms with E-state index in [0.29, 0.717) is 18.1 Å². The van der Waals surface area contributed by atoms with Crippen LogP contribution >= 0.6 is 11.8 Å². The summed E-state index contributed by atoms with van der Waals surface area (Å²) < 4.78 is 5.54. The molecule has 168 valence electrons. The number of thioether (sulfide) groups is 1. The first kappa shape index (κ1) is 21.9. The Kier molecular flexibility index (Phi) is 6.14. The van der Waals surface area contributed by atoms with Gasteiger partial charge >= 0.3 is 0 Å². The van der Waals surface area contributed by atoms with Gasteiger partial charge in [-0.05, 0) is 69.4 Å². The Morgan fingerprint density at radius 3 is 2.53 bits per heavy atom. The summed E-state index contributed by atoms with van der Waals surface area (Å²) in [4.78, 5) is 4.39. The SMILES string of the molecule is C=C(O)CSC1=NN=C(c2cc(-c3ccc4ccccc4c3)cc(-c3cccnc3OC)c2)C1. The molecular formula is C28H23N3O2S. The van der Waals surface area contributed by atoms with E-state index in [4.69, 9.17) is 4.74 Å². The average molecular weight is 466 g/mol. The fourth-order valence-electron chi connectivity index (χ4n) is 3.99. The van der Waals surface area contributed by atoms with Crippen molar-refractivity contribution in [2.45, 2.75) is 6.42 Å². The number of ether oxygens (including phenoxy) is 1. The van der Waals surface area contributed by atoms with Crippen LogP contribution in [-0.2, 0) is 0 Å². The molecule has 0 fully saturated rings. The van der Waals surface area contributed by atoms with Gasteiger partial charge in [-0.15, -0.1) is 16.9 Å². The normalized spacial score (nSPS) is 13.0. The van der Waals surface area contributed by atoms with E-state index in [9.17, 15) is 5.11 Å². The third-order valence-corrected chi connectivity index (χ3v) is 6.67. The molecule has 0 saturated heterocycles. The van der Waals surface area contributed by atoms with Gasteiger partial charge in [0, 0.05) is 18.2 Å². The lowest BCUT2D eigenvalue weighted by molar-refractivity contribution is 0.399. The van der Waals surface area contributed by atoms with Crippen molar-refractivity contribution >= 4 is 33.3 Å². The molecule has 0 unspecified atom stereocenters. The molecule has 1 aromatic heterocycles. The van der Waals surface area contributed by atoms with Gasteiger partial charge in [0.2, 0.25) is 5.88 Å². The Labute approximate surface area is 202 Å². The number of rotatable bonds is 6. The summed E-state index contributed by atoms with van der Waals surface area (Å²) >= 11 is 1.46. The lowest BCUT2D eigenvalue weighted by Crippen LogP contribution is -2.03. The topological polar surface area (TPSA) is 67.1 Å². The van der Waals surface area contributed by atoms with Crippen molar-refractivity contribution in [1.29, 1.82) is 0 Å². The molecule has 0 bridgehead atoms. The van der Waals surface area contributed by atoms with Crippen molar-refractivity contribution in [2.24, 2.45) is 10.2 Å². The second-order valence-corrected chi connectivity index (χ2v) is 9.04. The molecule has 34 heavy (non-hydrogen) atoms. The van der Waals surface area contributed by atoms with E-state index in [0.717, 1.165) is 38.6 Å². The van der Waals surface area contributed by atoms with Gasteiger partial charge < -0.3 is 9.84 Å². The molecule has 6 heteroatoms. The molecule has 1 aliphatic rings. The van der Waals surface area contributed by atoms with Crippen LogP contribution in [0.2, 0.25) is 0 Å². The molecule has 0 amide bonds. The maximum absolute atomic E-state index is 9.42. The number of methoxy groups -OCH3 is 1. The predicted octanol–water partition coefficient (Wildman–Crippen LogP) is 6.89. The molecule has 2 heterocycles. The Morgan fingerprint density at radius 2 is 1.71 bits per heavy atom. The highest BCUT2D eigenvalue weighted by Crippen LogP contribution is 2.34. The molecule has 4 aromatic rings. The third-order valence-electron chi connectivity index (χ3n) is 5.63.